The topological polar surface area (TPSA) is 349 Å². The van der Waals surface area contributed by atoms with Crippen LogP contribution in [-0.2, 0) is 28.5 Å². The first-order chi connectivity index (χ1) is 34.6. The standard InChI is InChI=1S/C53H87N3O17/c1-33-19-15-13-11-9-7-5-6-8-10-12-14-16-20-40(72-52-50(66)47(49(65)36(4)71-52)56(25-17-23-54)26-18-24-55)30-44-46(51(67)68)43(62)32-53(69,73-44)31-42(61)41(60)22-21-37(57)27-38(58)28-39(59)29-45(63)70-35(3)34(2)48(33)64/h5-16,19-20,33-44,46-50,52,57-62,64-66,69H,17-18,21-32,54-55H2,1-4H3,(H,67,68)/b6-5-,9-7-,10-8-,13-11-,14-12-,19-15-,20-16+/t33-,34-,35-,36-,37+,38+,39+,40-,41+,42+,43-,44-,46+,47+,48+,49-,50+,52+,53+/m0/s1. The van der Waals surface area contributed by atoms with Gasteiger partial charge in [0.15, 0.2) is 12.1 Å². The largest absolute Gasteiger partial charge is 0.481 e. The number of carboxylic acids is 1. The Balaban J connectivity index is 1.94. The predicted molar refractivity (Wildman–Crippen MR) is 272 cm³/mol. The molecule has 3 heterocycles. The first-order valence-corrected chi connectivity index (χ1v) is 25.7. The second-order valence-electron chi connectivity index (χ2n) is 19.8. The van der Waals surface area contributed by atoms with E-state index in [0.29, 0.717) is 39.0 Å². The van der Waals surface area contributed by atoms with Crippen molar-refractivity contribution in [2.75, 3.05) is 26.2 Å². The fourth-order valence-electron chi connectivity index (χ4n) is 9.33. The molecule has 0 aromatic rings. The summed E-state index contributed by atoms with van der Waals surface area (Å²) in [5.41, 5.74) is 11.6. The first-order valence-electron chi connectivity index (χ1n) is 25.7. The van der Waals surface area contributed by atoms with Crippen LogP contribution in [0.25, 0.3) is 0 Å². The van der Waals surface area contributed by atoms with Crippen molar-refractivity contribution in [2.45, 2.75) is 189 Å². The van der Waals surface area contributed by atoms with Crippen molar-refractivity contribution in [3.8, 4) is 0 Å². The van der Waals surface area contributed by atoms with Gasteiger partial charge in [0.05, 0.1) is 79.6 Å². The minimum Gasteiger partial charge on any atom is -0.481 e. The van der Waals surface area contributed by atoms with Crippen molar-refractivity contribution in [3.05, 3.63) is 85.1 Å². The molecule has 0 amide bonds. The van der Waals surface area contributed by atoms with Gasteiger partial charge in [-0.15, -0.1) is 0 Å². The number of carboxylic acid groups (broad SMARTS) is 1. The second kappa shape index (κ2) is 32.8. The van der Waals surface area contributed by atoms with Crippen molar-refractivity contribution in [1.29, 1.82) is 0 Å². The molecule has 2 fully saturated rings. The van der Waals surface area contributed by atoms with E-state index in [1.807, 2.05) is 42.2 Å². The third kappa shape index (κ3) is 21.9. The lowest BCUT2D eigenvalue weighted by atomic mass is 9.82. The van der Waals surface area contributed by atoms with E-state index in [-0.39, 0.29) is 38.0 Å². The number of hydrogen-bond acceptors (Lipinski definition) is 19. The third-order valence-electron chi connectivity index (χ3n) is 13.7. The SMILES string of the molecule is C[C@@H]1[C@H](O)[C@@H](C)\C=C/C=C\C=C/C=C\C=C/C=C\C=C\[C@H](O[C@H]2O[C@@H](C)[C@H](O)[C@@H](N(CCCN)CCCN)[C@H]2O)C[C@@H]2O[C@](O)(C[C@@H](O)[C@H](O)CC[C@@H](O)C[C@@H](O)C[C@@H](O)CC(=O)O[C@H]1C)C[C@H](O)[C@H]2C(=O)O. The van der Waals surface area contributed by atoms with Crippen LogP contribution in [0.4, 0.5) is 0 Å². The van der Waals surface area contributed by atoms with E-state index >= 15 is 0 Å². The number of esters is 1. The highest BCUT2D eigenvalue weighted by Crippen LogP contribution is 2.38. The minimum atomic E-state index is -2.38. The Morgan fingerprint density at radius 2 is 1.21 bits per heavy atom. The lowest BCUT2D eigenvalue weighted by Gasteiger charge is -2.47. The van der Waals surface area contributed by atoms with Crippen LogP contribution in [-0.4, -0.2) is 197 Å². The van der Waals surface area contributed by atoms with Gasteiger partial charge in [0, 0.05) is 31.1 Å². The molecule has 15 N–H and O–H groups in total. The first kappa shape index (κ1) is 63.8. The van der Waals surface area contributed by atoms with Crippen LogP contribution < -0.4 is 11.5 Å². The predicted octanol–water partition coefficient (Wildman–Crippen LogP) is 0.753. The third-order valence-corrected chi connectivity index (χ3v) is 13.7. The maximum absolute atomic E-state index is 12.7. The average molecular weight is 1040 g/mol. The fraction of sp³-hybridized carbons (Fsp3) is 0.698. The molecule has 3 aliphatic rings. The van der Waals surface area contributed by atoms with Crippen molar-refractivity contribution < 1.29 is 84.7 Å². The van der Waals surface area contributed by atoms with Gasteiger partial charge in [-0.05, 0) is 78.6 Å². The summed E-state index contributed by atoms with van der Waals surface area (Å²) < 4.78 is 23.9. The van der Waals surface area contributed by atoms with E-state index < -0.39 is 141 Å². The Bertz CT molecular complexity index is 1820. The molecular formula is C53H87N3O17. The zero-order valence-electron chi connectivity index (χ0n) is 42.8. The van der Waals surface area contributed by atoms with E-state index in [4.69, 9.17) is 30.4 Å². The number of aliphatic hydroxyl groups is 10. The normalized spacial score (nSPS) is 41.9. The summed E-state index contributed by atoms with van der Waals surface area (Å²) in [6.07, 6.45) is 4.86. The molecule has 0 aromatic carbocycles. The molecule has 416 valence electrons. The maximum atomic E-state index is 12.7. The van der Waals surface area contributed by atoms with Crippen molar-refractivity contribution in [2.24, 2.45) is 29.2 Å². The van der Waals surface area contributed by atoms with Crippen LogP contribution >= 0.6 is 0 Å². The quantitative estimate of drug-likeness (QED) is 0.134. The fourth-order valence-corrected chi connectivity index (χ4v) is 9.33. The number of carbonyl (C=O) groups excluding carboxylic acids is 1. The summed E-state index contributed by atoms with van der Waals surface area (Å²) in [6, 6.07) is -0.869. The van der Waals surface area contributed by atoms with Crippen molar-refractivity contribution in [3.63, 3.8) is 0 Å². The molecular weight excluding hydrogens is 951 g/mol. The van der Waals surface area contributed by atoms with Crippen molar-refractivity contribution >= 4 is 11.9 Å². The highest BCUT2D eigenvalue weighted by molar-refractivity contribution is 5.71. The second-order valence-corrected chi connectivity index (χ2v) is 19.8. The number of hydrogen-bond donors (Lipinski definition) is 13. The van der Waals surface area contributed by atoms with Crippen LogP contribution in [0.2, 0.25) is 0 Å². The number of nitrogens with zero attached hydrogens (tertiary/aromatic N) is 1. The van der Waals surface area contributed by atoms with Crippen LogP contribution in [0.1, 0.15) is 91.9 Å². The Labute approximate surface area is 430 Å². The smallest absolute Gasteiger partial charge is 0.311 e. The number of cyclic esters (lactones) is 1. The molecule has 3 aliphatic heterocycles. The van der Waals surface area contributed by atoms with Gasteiger partial charge in [0.1, 0.15) is 18.1 Å². The molecule has 20 heteroatoms. The monoisotopic (exact) mass is 1040 g/mol. The van der Waals surface area contributed by atoms with Crippen LogP contribution in [0.15, 0.2) is 85.1 Å². The van der Waals surface area contributed by atoms with E-state index in [2.05, 4.69) is 0 Å². The van der Waals surface area contributed by atoms with Gasteiger partial charge in [-0.3, -0.25) is 14.5 Å². The lowest BCUT2D eigenvalue weighted by Crippen LogP contribution is -2.64. The Morgan fingerprint density at radius 3 is 1.77 bits per heavy atom. The number of fused-ring (bicyclic) bond motifs is 2. The average Bonchev–Trinajstić information content (AvgIpc) is 3.31. The summed E-state index contributed by atoms with van der Waals surface area (Å²) in [5.74, 6) is -6.92. The molecule has 0 spiro atoms. The highest BCUT2D eigenvalue weighted by atomic mass is 16.7. The van der Waals surface area contributed by atoms with Gasteiger partial charge < -0.3 is 86.6 Å². The van der Waals surface area contributed by atoms with Gasteiger partial charge in [0.2, 0.25) is 0 Å². The zero-order valence-corrected chi connectivity index (χ0v) is 42.8. The zero-order chi connectivity index (χ0) is 54.3. The van der Waals surface area contributed by atoms with Gasteiger partial charge in [-0.2, -0.15) is 0 Å². The molecule has 73 heavy (non-hydrogen) atoms. The molecule has 2 saturated heterocycles. The number of ether oxygens (including phenoxy) is 4. The molecule has 0 aliphatic carbocycles. The van der Waals surface area contributed by atoms with Gasteiger partial charge in [-0.1, -0.05) is 98.9 Å². The summed E-state index contributed by atoms with van der Waals surface area (Å²) >= 11 is 0. The van der Waals surface area contributed by atoms with Gasteiger partial charge >= 0.3 is 11.9 Å². The number of aliphatic carboxylic acids is 1. The molecule has 0 unspecified atom stereocenters. The Hall–Kier alpha value is -3.52. The van der Waals surface area contributed by atoms with E-state index in [1.165, 1.54) is 0 Å². The lowest BCUT2D eigenvalue weighted by molar-refractivity contribution is -0.313. The molecule has 19 atom stereocenters. The van der Waals surface area contributed by atoms with Crippen LogP contribution in [0, 0.1) is 17.8 Å². The molecule has 20 nitrogen and oxygen atoms in total. The Kier molecular flexibility index (Phi) is 28.7. The van der Waals surface area contributed by atoms with E-state index in [9.17, 15) is 65.8 Å². The highest BCUT2D eigenvalue weighted by Gasteiger charge is 2.52. The number of rotatable bonds is 10. The number of nitrogens with two attached hydrogens (primary N) is 2. The molecule has 0 saturated carbocycles. The Morgan fingerprint density at radius 1 is 0.671 bits per heavy atom. The summed E-state index contributed by atoms with van der Waals surface area (Å²) in [4.78, 5) is 27.3. The minimum absolute atomic E-state index is 0.145. The summed E-state index contributed by atoms with van der Waals surface area (Å²) in [5, 5.41) is 121. The van der Waals surface area contributed by atoms with Crippen LogP contribution in [0.5, 0.6) is 0 Å². The van der Waals surface area contributed by atoms with E-state index in [0.717, 1.165) is 0 Å². The molecule has 0 aromatic heterocycles. The van der Waals surface area contributed by atoms with E-state index in [1.54, 1.807) is 75.5 Å². The molecule has 2 bridgehead atoms. The summed E-state index contributed by atoms with van der Waals surface area (Å²) in [6.45, 7) is 8.43. The van der Waals surface area contributed by atoms with Gasteiger partial charge in [-0.25, -0.2) is 0 Å². The molecule has 3 rings (SSSR count). The number of allylic oxidation sites excluding steroid dienone is 12. The molecule has 0 radical (unpaired) electrons. The van der Waals surface area contributed by atoms with Gasteiger partial charge in [0.25, 0.3) is 0 Å². The summed E-state index contributed by atoms with van der Waals surface area (Å²) in [7, 11) is 0. The number of aliphatic hydroxyl groups excluding tert-OH is 9. The number of carbonyl (C=O) groups is 2. The van der Waals surface area contributed by atoms with Crippen LogP contribution in [0.3, 0.4) is 0 Å². The van der Waals surface area contributed by atoms with Crippen molar-refractivity contribution in [1.82, 2.24) is 4.90 Å². The maximum Gasteiger partial charge on any atom is 0.311 e.